The predicted octanol–water partition coefficient (Wildman–Crippen LogP) is 1.30. The molecule has 106 valence electrons. The second kappa shape index (κ2) is 6.14. The smallest absolute Gasteiger partial charge is 0.404 e. The first-order chi connectivity index (χ1) is 9.13. The van der Waals surface area contributed by atoms with Crippen LogP contribution in [0, 0.1) is 10.1 Å². The predicted molar refractivity (Wildman–Crippen MR) is 68.8 cm³/mol. The third-order valence-corrected chi connectivity index (χ3v) is 3.45. The number of ether oxygens (including phenoxy) is 1. The summed E-state index contributed by atoms with van der Waals surface area (Å²) >= 11 is 0. The maximum Gasteiger partial charge on any atom is 0.433 e. The molecule has 2 atom stereocenters. The topological polar surface area (TPSA) is 94.8 Å². The minimum atomic E-state index is -0.530. The lowest BCUT2D eigenvalue weighted by molar-refractivity contribution is -0.402. The zero-order valence-electron chi connectivity index (χ0n) is 10.9. The molecule has 1 fully saturated rings. The van der Waals surface area contributed by atoms with Crippen LogP contribution in [-0.4, -0.2) is 42.7 Å². The Morgan fingerprint density at radius 2 is 2.42 bits per heavy atom. The van der Waals surface area contributed by atoms with E-state index in [0.29, 0.717) is 12.4 Å². The molecule has 7 heteroatoms. The molecule has 0 bridgehead atoms. The van der Waals surface area contributed by atoms with Crippen LogP contribution in [0.4, 0.5) is 5.88 Å². The monoisotopic (exact) mass is 269 g/mol. The molecule has 0 aromatic carbocycles. The molecule has 19 heavy (non-hydrogen) atoms. The molecule has 0 spiro atoms. The van der Waals surface area contributed by atoms with Crippen LogP contribution in [0.2, 0.25) is 0 Å². The average molecular weight is 269 g/mol. The van der Waals surface area contributed by atoms with E-state index in [9.17, 15) is 10.1 Å². The Labute approximate surface area is 111 Å². The van der Waals surface area contributed by atoms with Crippen LogP contribution in [0.25, 0.3) is 0 Å². The molecule has 1 aromatic heterocycles. The van der Waals surface area contributed by atoms with Gasteiger partial charge in [-0.25, -0.2) is 0 Å². The van der Waals surface area contributed by atoms with Crippen LogP contribution in [-0.2, 0) is 4.74 Å². The molecule has 1 aliphatic heterocycles. The average Bonchev–Trinajstić information content (AvgIpc) is 2.85. The first-order valence-electron chi connectivity index (χ1n) is 6.36. The SMILES string of the molecule is COCCN1CCCC(N)C1c1ccc([N+](=O)[O-])o1. The van der Waals surface area contributed by atoms with Crippen LogP contribution < -0.4 is 5.73 Å². The molecule has 0 aliphatic carbocycles. The van der Waals surface area contributed by atoms with Crippen LogP contribution >= 0.6 is 0 Å². The lowest BCUT2D eigenvalue weighted by Crippen LogP contribution is -2.46. The molecule has 1 saturated heterocycles. The number of piperidine rings is 1. The summed E-state index contributed by atoms with van der Waals surface area (Å²) in [7, 11) is 1.65. The molecular weight excluding hydrogens is 250 g/mol. The van der Waals surface area contributed by atoms with Gasteiger partial charge in [-0.05, 0) is 25.5 Å². The minimum absolute atomic E-state index is 0.0728. The number of nitrogens with zero attached hydrogens (tertiary/aromatic N) is 2. The van der Waals surface area contributed by atoms with Crippen LogP contribution in [0.15, 0.2) is 16.5 Å². The normalized spacial score (nSPS) is 24.5. The summed E-state index contributed by atoms with van der Waals surface area (Å²) in [5, 5.41) is 10.7. The van der Waals surface area contributed by atoms with E-state index in [0.717, 1.165) is 25.9 Å². The Kier molecular flexibility index (Phi) is 4.52. The van der Waals surface area contributed by atoms with Crippen LogP contribution in [0.1, 0.15) is 24.6 Å². The van der Waals surface area contributed by atoms with Crippen molar-refractivity contribution < 1.29 is 14.1 Å². The van der Waals surface area contributed by atoms with Crippen molar-refractivity contribution >= 4 is 5.88 Å². The van der Waals surface area contributed by atoms with Crippen molar-refractivity contribution in [3.63, 3.8) is 0 Å². The van der Waals surface area contributed by atoms with E-state index in [4.69, 9.17) is 14.9 Å². The second-order valence-corrected chi connectivity index (χ2v) is 4.71. The largest absolute Gasteiger partial charge is 0.433 e. The lowest BCUT2D eigenvalue weighted by Gasteiger charge is -2.38. The highest BCUT2D eigenvalue weighted by molar-refractivity contribution is 5.21. The number of nitro groups is 1. The molecule has 0 amide bonds. The molecule has 0 radical (unpaired) electrons. The van der Waals surface area contributed by atoms with E-state index in [2.05, 4.69) is 4.90 Å². The summed E-state index contributed by atoms with van der Waals surface area (Å²) < 4.78 is 10.4. The van der Waals surface area contributed by atoms with Gasteiger partial charge < -0.3 is 14.9 Å². The van der Waals surface area contributed by atoms with Gasteiger partial charge in [-0.2, -0.15) is 0 Å². The molecular formula is C12H19N3O4. The van der Waals surface area contributed by atoms with Crippen LogP contribution in [0.5, 0.6) is 0 Å². The van der Waals surface area contributed by atoms with E-state index in [1.807, 2.05) is 0 Å². The van der Waals surface area contributed by atoms with Gasteiger partial charge in [-0.15, -0.1) is 0 Å². The van der Waals surface area contributed by atoms with Crippen molar-refractivity contribution in [3.05, 3.63) is 28.0 Å². The number of nitrogens with two attached hydrogens (primary N) is 1. The second-order valence-electron chi connectivity index (χ2n) is 4.71. The Hall–Kier alpha value is -1.44. The summed E-state index contributed by atoms with van der Waals surface area (Å²) in [6.07, 6.45) is 1.91. The maximum absolute atomic E-state index is 10.7. The molecule has 2 heterocycles. The van der Waals surface area contributed by atoms with E-state index in [1.54, 1.807) is 13.2 Å². The third-order valence-electron chi connectivity index (χ3n) is 3.45. The molecule has 0 saturated carbocycles. The quantitative estimate of drug-likeness (QED) is 0.639. The molecule has 2 rings (SSSR count). The van der Waals surface area contributed by atoms with Crippen LogP contribution in [0.3, 0.4) is 0 Å². The van der Waals surface area contributed by atoms with Gasteiger partial charge in [-0.1, -0.05) is 0 Å². The number of hydrogen-bond donors (Lipinski definition) is 1. The van der Waals surface area contributed by atoms with Gasteiger partial charge in [0.15, 0.2) is 0 Å². The number of hydrogen-bond acceptors (Lipinski definition) is 6. The van der Waals surface area contributed by atoms with Crippen molar-refractivity contribution in [2.45, 2.75) is 24.9 Å². The zero-order chi connectivity index (χ0) is 13.8. The van der Waals surface area contributed by atoms with E-state index >= 15 is 0 Å². The summed E-state index contributed by atoms with van der Waals surface area (Å²) in [6, 6.07) is 2.84. The Morgan fingerprint density at radius 1 is 1.63 bits per heavy atom. The van der Waals surface area contributed by atoms with Gasteiger partial charge in [-0.3, -0.25) is 15.0 Å². The summed E-state index contributed by atoms with van der Waals surface area (Å²) in [6.45, 7) is 2.24. The van der Waals surface area contributed by atoms with Crippen molar-refractivity contribution in [3.8, 4) is 0 Å². The van der Waals surface area contributed by atoms with Gasteiger partial charge in [0, 0.05) is 19.7 Å². The standard InChI is InChI=1S/C12H19N3O4/c1-18-8-7-14-6-2-3-9(13)12(14)10-4-5-11(19-10)15(16)17/h4-5,9,12H,2-3,6-8,13H2,1H3. The Balaban J connectivity index is 2.17. The van der Waals surface area contributed by atoms with Crippen molar-refractivity contribution in [2.75, 3.05) is 26.8 Å². The molecule has 1 aliphatic rings. The minimum Gasteiger partial charge on any atom is -0.404 e. The first kappa shape index (κ1) is 14.0. The van der Waals surface area contributed by atoms with E-state index < -0.39 is 4.92 Å². The van der Waals surface area contributed by atoms with Crippen molar-refractivity contribution in [2.24, 2.45) is 5.73 Å². The van der Waals surface area contributed by atoms with Crippen molar-refractivity contribution in [1.29, 1.82) is 0 Å². The van der Waals surface area contributed by atoms with E-state index in [1.165, 1.54) is 6.07 Å². The highest BCUT2D eigenvalue weighted by atomic mass is 16.6. The summed E-state index contributed by atoms with van der Waals surface area (Å²) in [4.78, 5) is 12.3. The first-order valence-corrected chi connectivity index (χ1v) is 6.36. The Bertz CT molecular complexity index is 434. The number of likely N-dealkylation sites (tertiary alicyclic amines) is 1. The highest BCUT2D eigenvalue weighted by Gasteiger charge is 2.33. The van der Waals surface area contributed by atoms with Gasteiger partial charge in [0.2, 0.25) is 0 Å². The third kappa shape index (κ3) is 3.12. The van der Waals surface area contributed by atoms with Gasteiger partial charge in [0.05, 0.1) is 18.7 Å². The zero-order valence-corrected chi connectivity index (χ0v) is 10.9. The van der Waals surface area contributed by atoms with Gasteiger partial charge in [0.1, 0.15) is 10.7 Å². The maximum atomic E-state index is 10.7. The number of rotatable bonds is 5. The van der Waals surface area contributed by atoms with Crippen molar-refractivity contribution in [1.82, 2.24) is 4.90 Å². The summed E-state index contributed by atoms with van der Waals surface area (Å²) in [5.41, 5.74) is 6.15. The van der Waals surface area contributed by atoms with Gasteiger partial charge in [0.25, 0.3) is 0 Å². The fraction of sp³-hybridized carbons (Fsp3) is 0.667. The fourth-order valence-electron chi connectivity index (χ4n) is 2.55. The summed E-state index contributed by atoms with van der Waals surface area (Å²) in [5.74, 6) is 0.328. The lowest BCUT2D eigenvalue weighted by atomic mass is 9.95. The fourth-order valence-corrected chi connectivity index (χ4v) is 2.55. The van der Waals surface area contributed by atoms with E-state index in [-0.39, 0.29) is 18.0 Å². The number of methoxy groups -OCH3 is 1. The Morgan fingerprint density at radius 3 is 3.05 bits per heavy atom. The van der Waals surface area contributed by atoms with Gasteiger partial charge >= 0.3 is 5.88 Å². The highest BCUT2D eigenvalue weighted by Crippen LogP contribution is 2.32. The molecule has 2 unspecified atom stereocenters. The molecule has 1 aromatic rings. The molecule has 2 N–H and O–H groups in total. The molecule has 7 nitrogen and oxygen atoms in total. The number of furan rings is 1.